The molecule has 0 bridgehead atoms. The number of nitrogens with zero attached hydrogens (tertiary/aromatic N) is 5. The molecule has 9 heteroatoms. The van der Waals surface area contributed by atoms with E-state index >= 15 is 0 Å². The van der Waals surface area contributed by atoms with Gasteiger partial charge in [0, 0.05) is 24.0 Å². The molecule has 3 aromatic heterocycles. The minimum Gasteiger partial charge on any atom is -0.322 e. The van der Waals surface area contributed by atoms with Crippen molar-refractivity contribution in [2.24, 2.45) is 0 Å². The van der Waals surface area contributed by atoms with Crippen molar-refractivity contribution < 1.29 is 4.79 Å². The maximum absolute atomic E-state index is 12.4. The molecule has 1 aromatic carbocycles. The molecule has 0 aliphatic rings. The van der Waals surface area contributed by atoms with E-state index in [1.165, 1.54) is 6.07 Å². The van der Waals surface area contributed by atoms with Gasteiger partial charge in [-0.3, -0.25) is 14.6 Å². The van der Waals surface area contributed by atoms with Crippen LogP contribution in [0.25, 0.3) is 22.3 Å². The summed E-state index contributed by atoms with van der Waals surface area (Å²) in [5.41, 5.74) is 2.93. The fraction of sp³-hybridized carbons (Fsp3) is 0.0588. The summed E-state index contributed by atoms with van der Waals surface area (Å²) < 4.78 is 9.44. The Bertz CT molecular complexity index is 1140. The average Bonchev–Trinajstić information content (AvgIpc) is 3.14. The van der Waals surface area contributed by atoms with Crippen LogP contribution in [0.1, 0.15) is 0 Å². The van der Waals surface area contributed by atoms with Gasteiger partial charge in [-0.1, -0.05) is 6.07 Å². The van der Waals surface area contributed by atoms with Crippen molar-refractivity contribution in [1.82, 2.24) is 23.5 Å². The normalized spacial score (nSPS) is 10.8. The standard InChI is InChI=1S/C17H12N6O2S/c24-15(19-13-2-1-3-14-17(13)22-26-21-14)10-23-16(25)5-4-12(20-23)11-6-8-18-9-7-11/h1-9H,10H2,(H,19,24). The van der Waals surface area contributed by atoms with Crippen LogP contribution in [0.3, 0.4) is 0 Å². The average molecular weight is 364 g/mol. The first kappa shape index (κ1) is 16.0. The first-order chi connectivity index (χ1) is 12.7. The van der Waals surface area contributed by atoms with Crippen LogP contribution in [-0.2, 0) is 11.3 Å². The van der Waals surface area contributed by atoms with Gasteiger partial charge in [-0.05, 0) is 30.3 Å². The molecule has 0 saturated heterocycles. The van der Waals surface area contributed by atoms with Crippen molar-refractivity contribution in [3.63, 3.8) is 0 Å². The summed E-state index contributed by atoms with van der Waals surface area (Å²) in [7, 11) is 0. The maximum atomic E-state index is 12.4. The van der Waals surface area contributed by atoms with Crippen LogP contribution in [0.15, 0.2) is 59.7 Å². The summed E-state index contributed by atoms with van der Waals surface area (Å²) in [6, 6.07) is 11.9. The van der Waals surface area contributed by atoms with Crippen molar-refractivity contribution >= 4 is 34.4 Å². The Kier molecular flexibility index (Phi) is 4.20. The first-order valence-corrected chi connectivity index (χ1v) is 8.43. The van der Waals surface area contributed by atoms with E-state index in [4.69, 9.17) is 0 Å². The Labute approximate surface area is 151 Å². The highest BCUT2D eigenvalue weighted by molar-refractivity contribution is 7.00. The highest BCUT2D eigenvalue weighted by Gasteiger charge is 2.11. The second-order valence-electron chi connectivity index (χ2n) is 5.44. The topological polar surface area (TPSA) is 103 Å². The number of anilines is 1. The highest BCUT2D eigenvalue weighted by Crippen LogP contribution is 2.21. The monoisotopic (exact) mass is 364 g/mol. The van der Waals surface area contributed by atoms with Crippen LogP contribution in [-0.4, -0.2) is 29.4 Å². The van der Waals surface area contributed by atoms with Crippen molar-refractivity contribution in [3.05, 3.63) is 65.2 Å². The summed E-state index contributed by atoms with van der Waals surface area (Å²) in [6.45, 7) is -0.203. The van der Waals surface area contributed by atoms with E-state index < -0.39 is 0 Å². The molecule has 0 saturated carbocycles. The zero-order chi connectivity index (χ0) is 17.9. The molecule has 0 aliphatic carbocycles. The van der Waals surface area contributed by atoms with E-state index in [-0.39, 0.29) is 18.0 Å². The van der Waals surface area contributed by atoms with E-state index in [1.54, 1.807) is 42.7 Å². The Balaban J connectivity index is 1.58. The van der Waals surface area contributed by atoms with Crippen LogP contribution in [0.4, 0.5) is 5.69 Å². The fourth-order valence-corrected chi connectivity index (χ4v) is 3.02. The van der Waals surface area contributed by atoms with Crippen LogP contribution in [0.5, 0.6) is 0 Å². The molecule has 0 unspecified atom stereocenters. The summed E-state index contributed by atoms with van der Waals surface area (Å²) in [6.07, 6.45) is 3.28. The molecule has 0 spiro atoms. The molecule has 26 heavy (non-hydrogen) atoms. The number of aromatic nitrogens is 5. The summed E-state index contributed by atoms with van der Waals surface area (Å²) in [5, 5.41) is 7.03. The molecule has 4 aromatic rings. The highest BCUT2D eigenvalue weighted by atomic mass is 32.1. The summed E-state index contributed by atoms with van der Waals surface area (Å²) >= 11 is 1.08. The molecule has 8 nitrogen and oxygen atoms in total. The number of hydrogen-bond donors (Lipinski definition) is 1. The lowest BCUT2D eigenvalue weighted by atomic mass is 10.2. The number of amides is 1. The Morgan fingerprint density at radius 2 is 1.92 bits per heavy atom. The summed E-state index contributed by atoms with van der Waals surface area (Å²) in [5.74, 6) is -0.369. The van der Waals surface area contributed by atoms with Gasteiger partial charge in [-0.15, -0.1) is 0 Å². The third kappa shape index (κ3) is 3.20. The van der Waals surface area contributed by atoms with Gasteiger partial charge < -0.3 is 5.32 Å². The molecule has 1 N–H and O–H groups in total. The van der Waals surface area contributed by atoms with E-state index in [0.717, 1.165) is 22.0 Å². The van der Waals surface area contributed by atoms with E-state index in [9.17, 15) is 9.59 Å². The second kappa shape index (κ2) is 6.81. The van der Waals surface area contributed by atoms with E-state index in [0.29, 0.717) is 22.4 Å². The number of carbonyl (C=O) groups is 1. The maximum Gasteiger partial charge on any atom is 0.267 e. The van der Waals surface area contributed by atoms with Crippen molar-refractivity contribution in [2.75, 3.05) is 5.32 Å². The molecular formula is C17H12N6O2S. The van der Waals surface area contributed by atoms with Gasteiger partial charge in [-0.25, -0.2) is 4.68 Å². The second-order valence-corrected chi connectivity index (χ2v) is 5.96. The molecule has 0 atom stereocenters. The van der Waals surface area contributed by atoms with Crippen LogP contribution >= 0.6 is 11.7 Å². The van der Waals surface area contributed by atoms with Crippen molar-refractivity contribution in [1.29, 1.82) is 0 Å². The SMILES string of the molecule is O=C(Cn1nc(-c2ccncc2)ccc1=O)Nc1cccc2nsnc12. The number of fused-ring (bicyclic) bond motifs is 1. The number of hydrogen-bond acceptors (Lipinski definition) is 7. The van der Waals surface area contributed by atoms with Gasteiger partial charge in [0.05, 0.1) is 23.1 Å². The van der Waals surface area contributed by atoms with Crippen molar-refractivity contribution in [3.8, 4) is 11.3 Å². The minimum atomic E-state index is -0.369. The third-order valence-corrected chi connectivity index (χ3v) is 4.24. The van der Waals surface area contributed by atoms with Gasteiger partial charge in [0.1, 0.15) is 17.6 Å². The Morgan fingerprint density at radius 1 is 1.08 bits per heavy atom. The van der Waals surface area contributed by atoms with E-state index in [2.05, 4.69) is 24.1 Å². The third-order valence-electron chi connectivity index (χ3n) is 3.70. The smallest absolute Gasteiger partial charge is 0.267 e. The predicted molar refractivity (Wildman–Crippen MR) is 97.8 cm³/mol. The molecule has 4 rings (SSSR count). The van der Waals surface area contributed by atoms with Crippen LogP contribution in [0.2, 0.25) is 0 Å². The molecular weight excluding hydrogens is 352 g/mol. The Morgan fingerprint density at radius 3 is 2.77 bits per heavy atom. The van der Waals surface area contributed by atoms with Gasteiger partial charge in [0.15, 0.2) is 0 Å². The van der Waals surface area contributed by atoms with Crippen molar-refractivity contribution in [2.45, 2.75) is 6.54 Å². The molecule has 128 valence electrons. The lowest BCUT2D eigenvalue weighted by Crippen LogP contribution is -2.29. The predicted octanol–water partition coefficient (Wildman–Crippen LogP) is 1.95. The number of pyridine rings is 1. The largest absolute Gasteiger partial charge is 0.322 e. The molecule has 0 fully saturated rings. The Hall–Kier alpha value is -3.46. The first-order valence-electron chi connectivity index (χ1n) is 7.70. The molecule has 0 radical (unpaired) electrons. The van der Waals surface area contributed by atoms with Gasteiger partial charge in [0.25, 0.3) is 5.56 Å². The van der Waals surface area contributed by atoms with Gasteiger partial charge in [0.2, 0.25) is 5.91 Å². The zero-order valence-corrected chi connectivity index (χ0v) is 14.2. The van der Waals surface area contributed by atoms with Crippen LogP contribution < -0.4 is 10.9 Å². The zero-order valence-electron chi connectivity index (χ0n) is 13.4. The number of rotatable bonds is 4. The molecule has 0 aliphatic heterocycles. The lowest BCUT2D eigenvalue weighted by molar-refractivity contribution is -0.117. The van der Waals surface area contributed by atoms with E-state index in [1.807, 2.05) is 6.07 Å². The molecule has 1 amide bonds. The number of nitrogens with one attached hydrogen (secondary N) is 1. The number of benzene rings is 1. The quantitative estimate of drug-likeness (QED) is 0.594. The van der Waals surface area contributed by atoms with Gasteiger partial charge >= 0.3 is 0 Å². The number of carbonyl (C=O) groups excluding carboxylic acids is 1. The summed E-state index contributed by atoms with van der Waals surface area (Å²) in [4.78, 5) is 28.4. The fourth-order valence-electron chi connectivity index (χ4n) is 2.47. The minimum absolute atomic E-state index is 0.203. The van der Waals surface area contributed by atoms with Crippen LogP contribution in [0, 0.1) is 0 Å². The molecule has 3 heterocycles. The lowest BCUT2D eigenvalue weighted by Gasteiger charge is -2.08. The van der Waals surface area contributed by atoms with Gasteiger partial charge in [-0.2, -0.15) is 13.8 Å².